The third-order valence-corrected chi connectivity index (χ3v) is 2.99. The Bertz CT molecular complexity index is 394. The van der Waals surface area contributed by atoms with Crippen LogP contribution in [0.25, 0.3) is 0 Å². The van der Waals surface area contributed by atoms with Gasteiger partial charge in [-0.15, -0.1) is 0 Å². The molecular formula is C10H8BrClO3. The van der Waals surface area contributed by atoms with Crippen LogP contribution in [-0.4, -0.2) is 24.0 Å². The van der Waals surface area contributed by atoms with E-state index in [1.54, 1.807) is 18.2 Å². The second-order valence-electron chi connectivity index (χ2n) is 3.13. The Morgan fingerprint density at radius 3 is 3.07 bits per heavy atom. The van der Waals surface area contributed by atoms with Crippen molar-refractivity contribution >= 4 is 33.5 Å². The van der Waals surface area contributed by atoms with Gasteiger partial charge in [0.2, 0.25) is 0 Å². The molecular weight excluding hydrogens is 283 g/mol. The number of rotatable bonds is 1. The third kappa shape index (κ3) is 2.26. The normalized spacial score (nSPS) is 19.9. The maximum Gasteiger partial charge on any atom is 0.342 e. The van der Waals surface area contributed by atoms with Crippen molar-refractivity contribution in [3.05, 3.63) is 28.8 Å². The van der Waals surface area contributed by atoms with E-state index in [0.29, 0.717) is 28.3 Å². The van der Waals surface area contributed by atoms with E-state index in [9.17, 15) is 4.79 Å². The van der Waals surface area contributed by atoms with E-state index in [-0.39, 0.29) is 6.10 Å². The molecule has 2 rings (SSSR count). The molecule has 1 atom stereocenters. The number of cyclic esters (lactones) is 1. The summed E-state index contributed by atoms with van der Waals surface area (Å²) >= 11 is 9.04. The minimum Gasteiger partial charge on any atom is -0.489 e. The van der Waals surface area contributed by atoms with Crippen molar-refractivity contribution in [3.63, 3.8) is 0 Å². The molecule has 0 aromatic heterocycles. The molecule has 0 saturated heterocycles. The lowest BCUT2D eigenvalue weighted by atomic mass is 10.2. The molecule has 0 amide bonds. The summed E-state index contributed by atoms with van der Waals surface area (Å²) in [5.41, 5.74) is 0.381. The second-order valence-corrected chi connectivity index (χ2v) is 4.22. The van der Waals surface area contributed by atoms with E-state index in [4.69, 9.17) is 21.1 Å². The van der Waals surface area contributed by atoms with Gasteiger partial charge >= 0.3 is 5.97 Å². The first-order chi connectivity index (χ1) is 7.20. The first-order valence-corrected chi connectivity index (χ1v) is 5.90. The van der Waals surface area contributed by atoms with Crippen LogP contribution in [0.3, 0.4) is 0 Å². The van der Waals surface area contributed by atoms with Gasteiger partial charge in [-0.3, -0.25) is 0 Å². The number of fused-ring (bicyclic) bond motifs is 1. The SMILES string of the molecule is O=C1O[C@H](CBr)COc2ccc(Cl)cc21. The number of halogens is 2. The fourth-order valence-corrected chi connectivity index (χ4v) is 1.79. The Balaban J connectivity index is 2.35. The van der Waals surface area contributed by atoms with Gasteiger partial charge in [0.15, 0.2) is 0 Å². The van der Waals surface area contributed by atoms with Gasteiger partial charge in [-0.1, -0.05) is 27.5 Å². The molecule has 0 aliphatic carbocycles. The number of carbonyl (C=O) groups excluding carboxylic acids is 1. The van der Waals surface area contributed by atoms with Crippen LogP contribution >= 0.6 is 27.5 Å². The highest BCUT2D eigenvalue weighted by atomic mass is 79.9. The number of ether oxygens (including phenoxy) is 2. The molecule has 80 valence electrons. The zero-order chi connectivity index (χ0) is 10.8. The molecule has 0 saturated carbocycles. The lowest BCUT2D eigenvalue weighted by Crippen LogP contribution is -2.23. The van der Waals surface area contributed by atoms with Gasteiger partial charge in [-0.25, -0.2) is 4.79 Å². The van der Waals surface area contributed by atoms with Crippen LogP contribution in [0.1, 0.15) is 10.4 Å². The van der Waals surface area contributed by atoms with Gasteiger partial charge in [0.25, 0.3) is 0 Å². The highest BCUT2D eigenvalue weighted by Gasteiger charge is 2.24. The molecule has 0 fully saturated rings. The predicted molar refractivity (Wildman–Crippen MR) is 59.9 cm³/mol. The summed E-state index contributed by atoms with van der Waals surface area (Å²) in [6, 6.07) is 4.91. The van der Waals surface area contributed by atoms with Gasteiger partial charge in [0.05, 0.1) is 0 Å². The van der Waals surface area contributed by atoms with Crippen LogP contribution in [0.4, 0.5) is 0 Å². The Morgan fingerprint density at radius 2 is 2.33 bits per heavy atom. The van der Waals surface area contributed by atoms with Crippen molar-refractivity contribution < 1.29 is 14.3 Å². The van der Waals surface area contributed by atoms with Crippen molar-refractivity contribution in [2.24, 2.45) is 0 Å². The topological polar surface area (TPSA) is 35.5 Å². The lowest BCUT2D eigenvalue weighted by molar-refractivity contribution is 0.0303. The van der Waals surface area contributed by atoms with Crippen LogP contribution in [-0.2, 0) is 4.74 Å². The molecule has 1 aromatic carbocycles. The molecule has 1 heterocycles. The fourth-order valence-electron chi connectivity index (χ4n) is 1.30. The van der Waals surface area contributed by atoms with Crippen LogP contribution in [0, 0.1) is 0 Å². The van der Waals surface area contributed by atoms with Gasteiger partial charge < -0.3 is 9.47 Å². The Morgan fingerprint density at radius 1 is 1.53 bits per heavy atom. The van der Waals surface area contributed by atoms with E-state index in [1.165, 1.54) is 0 Å². The van der Waals surface area contributed by atoms with Crippen LogP contribution in [0.15, 0.2) is 18.2 Å². The summed E-state index contributed by atoms with van der Waals surface area (Å²) in [4.78, 5) is 11.6. The smallest absolute Gasteiger partial charge is 0.342 e. The molecule has 0 radical (unpaired) electrons. The van der Waals surface area contributed by atoms with Crippen molar-refractivity contribution in [1.82, 2.24) is 0 Å². The first kappa shape index (κ1) is 10.8. The van der Waals surface area contributed by atoms with Gasteiger partial charge in [0.1, 0.15) is 24.0 Å². The summed E-state index contributed by atoms with van der Waals surface area (Å²) in [5.74, 6) is 0.127. The number of hydrogen-bond acceptors (Lipinski definition) is 3. The summed E-state index contributed by atoms with van der Waals surface area (Å²) in [6.07, 6.45) is -0.260. The van der Waals surface area contributed by atoms with Crippen LogP contribution in [0.2, 0.25) is 5.02 Å². The average molecular weight is 292 g/mol. The number of carbonyl (C=O) groups is 1. The average Bonchev–Trinajstić information content (AvgIpc) is 2.39. The van der Waals surface area contributed by atoms with Crippen molar-refractivity contribution in [1.29, 1.82) is 0 Å². The molecule has 3 nitrogen and oxygen atoms in total. The zero-order valence-electron chi connectivity index (χ0n) is 7.70. The van der Waals surface area contributed by atoms with E-state index in [2.05, 4.69) is 15.9 Å². The second kappa shape index (κ2) is 4.41. The maximum absolute atomic E-state index is 11.6. The summed E-state index contributed by atoms with van der Waals surface area (Å²) in [6.45, 7) is 0.353. The van der Waals surface area contributed by atoms with E-state index in [0.717, 1.165) is 0 Å². The van der Waals surface area contributed by atoms with Crippen LogP contribution < -0.4 is 4.74 Å². The maximum atomic E-state index is 11.6. The summed E-state index contributed by atoms with van der Waals surface area (Å²) < 4.78 is 10.6. The van der Waals surface area contributed by atoms with Crippen molar-refractivity contribution in [3.8, 4) is 5.75 Å². The van der Waals surface area contributed by atoms with Crippen molar-refractivity contribution in [2.45, 2.75) is 6.10 Å². The summed E-state index contributed by atoms with van der Waals surface area (Å²) in [7, 11) is 0. The Kier molecular flexibility index (Phi) is 3.17. The minimum atomic E-state index is -0.394. The predicted octanol–water partition coefficient (Wildman–Crippen LogP) is 2.65. The van der Waals surface area contributed by atoms with Crippen molar-refractivity contribution in [2.75, 3.05) is 11.9 Å². The highest BCUT2D eigenvalue weighted by molar-refractivity contribution is 9.09. The van der Waals surface area contributed by atoms with Gasteiger partial charge in [-0.2, -0.15) is 0 Å². The largest absolute Gasteiger partial charge is 0.489 e. The molecule has 1 aromatic rings. The highest BCUT2D eigenvalue weighted by Crippen LogP contribution is 2.26. The number of hydrogen-bond donors (Lipinski definition) is 0. The number of alkyl halides is 1. The first-order valence-electron chi connectivity index (χ1n) is 4.40. The molecule has 0 bridgehead atoms. The Labute approximate surface area is 100 Å². The quantitative estimate of drug-likeness (QED) is 0.589. The molecule has 1 aliphatic rings. The standard InChI is InChI=1S/C10H8BrClO3/c11-4-7-5-14-9-2-1-6(12)3-8(9)10(13)15-7/h1-3,7H,4-5H2/t7-/m1/s1. The molecule has 0 unspecified atom stereocenters. The molecule has 15 heavy (non-hydrogen) atoms. The molecule has 5 heteroatoms. The van der Waals surface area contributed by atoms with Crippen LogP contribution in [0.5, 0.6) is 5.75 Å². The summed E-state index contributed by atoms with van der Waals surface area (Å²) in [5, 5.41) is 1.05. The van der Waals surface area contributed by atoms with Gasteiger partial charge in [0, 0.05) is 10.4 Å². The zero-order valence-corrected chi connectivity index (χ0v) is 10.0. The monoisotopic (exact) mass is 290 g/mol. The van der Waals surface area contributed by atoms with E-state index >= 15 is 0 Å². The molecule has 0 spiro atoms. The van der Waals surface area contributed by atoms with E-state index < -0.39 is 5.97 Å². The van der Waals surface area contributed by atoms with E-state index in [1.807, 2.05) is 0 Å². The third-order valence-electron chi connectivity index (χ3n) is 2.03. The molecule has 1 aliphatic heterocycles. The number of esters is 1. The van der Waals surface area contributed by atoms with Gasteiger partial charge in [-0.05, 0) is 18.2 Å². The fraction of sp³-hybridized carbons (Fsp3) is 0.300. The minimum absolute atomic E-state index is 0.260. The molecule has 0 N–H and O–H groups in total. The lowest BCUT2D eigenvalue weighted by Gasteiger charge is -2.10. The number of benzene rings is 1. The Hall–Kier alpha value is -0.740.